The molecule has 1 amide bonds. The van der Waals surface area contributed by atoms with E-state index in [0.29, 0.717) is 18.8 Å². The number of ether oxygens (including phenoxy) is 5. The van der Waals surface area contributed by atoms with E-state index in [1.165, 1.54) is 35.6 Å². The van der Waals surface area contributed by atoms with Gasteiger partial charge in [-0.05, 0) is 23.0 Å². The molecule has 9 nitrogen and oxygen atoms in total. The van der Waals surface area contributed by atoms with Gasteiger partial charge in [0.05, 0.1) is 25.7 Å². The van der Waals surface area contributed by atoms with Gasteiger partial charge in [0.1, 0.15) is 12.5 Å². The van der Waals surface area contributed by atoms with E-state index in [2.05, 4.69) is 6.92 Å². The van der Waals surface area contributed by atoms with Crippen molar-refractivity contribution in [3.05, 3.63) is 71.8 Å². The zero-order valence-corrected chi connectivity index (χ0v) is 26.5. The van der Waals surface area contributed by atoms with Crippen LogP contribution >= 0.6 is 21.6 Å². The molecule has 3 rings (SSSR count). The summed E-state index contributed by atoms with van der Waals surface area (Å²) in [6.07, 6.45) is -0.481. The zero-order valence-electron chi connectivity index (χ0n) is 24.9. The van der Waals surface area contributed by atoms with Crippen molar-refractivity contribution in [2.75, 3.05) is 25.5 Å². The van der Waals surface area contributed by atoms with Gasteiger partial charge in [-0.3, -0.25) is 9.69 Å². The predicted molar refractivity (Wildman–Crippen MR) is 163 cm³/mol. The molecule has 1 heterocycles. The average molecular weight is 620 g/mol. The van der Waals surface area contributed by atoms with Gasteiger partial charge < -0.3 is 23.7 Å². The predicted octanol–water partition coefficient (Wildman–Crippen LogP) is 6.27. The zero-order chi connectivity index (χ0) is 30.5. The van der Waals surface area contributed by atoms with Gasteiger partial charge >= 0.3 is 18.0 Å². The van der Waals surface area contributed by atoms with Crippen LogP contribution in [0.2, 0.25) is 0 Å². The smallest absolute Gasteiger partial charge is 0.411 e. The maximum atomic E-state index is 13.0. The quantitative estimate of drug-likeness (QED) is 0.0791. The Hall–Kier alpha value is -2.73. The maximum absolute atomic E-state index is 13.0. The average Bonchev–Trinajstić information content (AvgIpc) is 3.00. The van der Waals surface area contributed by atoms with Gasteiger partial charge in [0.2, 0.25) is 0 Å². The lowest BCUT2D eigenvalue weighted by Gasteiger charge is -2.46. The molecule has 0 N–H and O–H groups in total. The molecule has 0 spiro atoms. The van der Waals surface area contributed by atoms with Crippen LogP contribution in [-0.4, -0.2) is 60.4 Å². The first-order valence-electron chi connectivity index (χ1n) is 13.9. The third-order valence-electron chi connectivity index (χ3n) is 7.25. The number of methoxy groups -OCH3 is 1. The summed E-state index contributed by atoms with van der Waals surface area (Å²) in [5.74, 6) is -2.08. The van der Waals surface area contributed by atoms with E-state index in [4.69, 9.17) is 23.7 Å². The normalized spacial score (nSPS) is 22.5. The SMILES string of the molecule is COC(=O)[C@@]1(OCSSCN(Cc2ccccc2)C(=O)OCc2ccccc2)C[C@@H](C)[C@@H](C)C([C@H](C)COC(C)=O)O1. The Morgan fingerprint density at radius 2 is 1.64 bits per heavy atom. The van der Waals surface area contributed by atoms with E-state index in [-0.39, 0.29) is 49.0 Å². The third kappa shape index (κ3) is 9.93. The van der Waals surface area contributed by atoms with Crippen molar-refractivity contribution in [1.82, 2.24) is 4.90 Å². The molecule has 230 valence electrons. The summed E-state index contributed by atoms with van der Waals surface area (Å²) in [5, 5.41) is 0. The molecule has 0 aromatic heterocycles. The Bertz CT molecular complexity index is 1140. The lowest BCUT2D eigenvalue weighted by molar-refractivity contribution is -0.297. The van der Waals surface area contributed by atoms with Crippen molar-refractivity contribution in [3.8, 4) is 0 Å². The number of hydrogen-bond donors (Lipinski definition) is 0. The number of nitrogens with zero attached hydrogens (tertiary/aromatic N) is 1. The van der Waals surface area contributed by atoms with Crippen molar-refractivity contribution >= 4 is 39.6 Å². The molecule has 2 aromatic rings. The van der Waals surface area contributed by atoms with Crippen LogP contribution in [0, 0.1) is 17.8 Å². The minimum atomic E-state index is -1.58. The minimum Gasteiger partial charge on any atom is -0.465 e. The van der Waals surface area contributed by atoms with E-state index in [1.54, 1.807) is 4.90 Å². The number of amides is 1. The summed E-state index contributed by atoms with van der Waals surface area (Å²) in [6.45, 7) is 8.13. The second-order valence-electron chi connectivity index (χ2n) is 10.5. The van der Waals surface area contributed by atoms with Gasteiger partial charge in [-0.15, -0.1) is 0 Å². The highest BCUT2D eigenvalue weighted by Crippen LogP contribution is 2.42. The fourth-order valence-corrected chi connectivity index (χ4v) is 6.42. The van der Waals surface area contributed by atoms with Gasteiger partial charge in [0.15, 0.2) is 0 Å². The molecule has 11 heteroatoms. The van der Waals surface area contributed by atoms with E-state index in [1.807, 2.05) is 74.5 Å². The molecule has 1 aliphatic heterocycles. The number of esters is 2. The third-order valence-corrected chi connectivity index (χ3v) is 9.15. The van der Waals surface area contributed by atoms with Gasteiger partial charge in [-0.25, -0.2) is 9.59 Å². The first-order valence-corrected chi connectivity index (χ1v) is 16.4. The number of benzene rings is 2. The Morgan fingerprint density at radius 1 is 1.00 bits per heavy atom. The molecule has 5 atom stereocenters. The largest absolute Gasteiger partial charge is 0.465 e. The van der Waals surface area contributed by atoms with E-state index < -0.39 is 17.8 Å². The van der Waals surface area contributed by atoms with Gasteiger partial charge in [-0.2, -0.15) is 0 Å². The van der Waals surface area contributed by atoms with Crippen molar-refractivity contribution in [2.24, 2.45) is 17.8 Å². The van der Waals surface area contributed by atoms with Crippen LogP contribution in [0.1, 0.15) is 45.2 Å². The molecule has 1 fully saturated rings. The summed E-state index contributed by atoms with van der Waals surface area (Å²) in [7, 11) is 4.07. The number of rotatable bonds is 14. The number of carbonyl (C=O) groups excluding carboxylic acids is 3. The van der Waals surface area contributed by atoms with Crippen LogP contribution in [0.5, 0.6) is 0 Å². The molecule has 1 aliphatic rings. The van der Waals surface area contributed by atoms with Crippen molar-refractivity contribution in [2.45, 2.75) is 59.2 Å². The van der Waals surface area contributed by atoms with Crippen LogP contribution in [0.3, 0.4) is 0 Å². The Kier molecular flexibility index (Phi) is 13.5. The minimum absolute atomic E-state index is 0.0843. The fourth-order valence-electron chi connectivity index (χ4n) is 4.76. The molecule has 2 aromatic carbocycles. The van der Waals surface area contributed by atoms with Crippen molar-refractivity contribution in [1.29, 1.82) is 0 Å². The lowest BCUT2D eigenvalue weighted by Crippen LogP contribution is -2.56. The summed E-state index contributed by atoms with van der Waals surface area (Å²) >= 11 is 0. The second-order valence-corrected chi connectivity index (χ2v) is 12.9. The lowest BCUT2D eigenvalue weighted by atomic mass is 9.78. The Labute approximate surface area is 256 Å². The van der Waals surface area contributed by atoms with Crippen LogP contribution in [0.4, 0.5) is 4.79 Å². The van der Waals surface area contributed by atoms with Gasteiger partial charge in [-0.1, -0.05) is 103 Å². The number of hydrogen-bond acceptors (Lipinski definition) is 10. The van der Waals surface area contributed by atoms with E-state index in [9.17, 15) is 14.4 Å². The van der Waals surface area contributed by atoms with Crippen LogP contribution in [0.15, 0.2) is 60.7 Å². The molecule has 42 heavy (non-hydrogen) atoms. The highest BCUT2D eigenvalue weighted by Gasteiger charge is 2.52. The summed E-state index contributed by atoms with van der Waals surface area (Å²) in [6, 6.07) is 19.2. The maximum Gasteiger partial charge on any atom is 0.411 e. The second kappa shape index (κ2) is 16.8. The monoisotopic (exact) mass is 619 g/mol. The van der Waals surface area contributed by atoms with Gasteiger partial charge in [0.25, 0.3) is 5.79 Å². The highest BCUT2D eigenvalue weighted by atomic mass is 33.1. The van der Waals surface area contributed by atoms with Crippen LogP contribution < -0.4 is 0 Å². The Morgan fingerprint density at radius 3 is 2.26 bits per heavy atom. The van der Waals surface area contributed by atoms with Crippen LogP contribution in [-0.2, 0) is 46.4 Å². The highest BCUT2D eigenvalue weighted by molar-refractivity contribution is 8.76. The van der Waals surface area contributed by atoms with E-state index in [0.717, 1.165) is 11.1 Å². The molecule has 0 aliphatic carbocycles. The summed E-state index contributed by atoms with van der Waals surface area (Å²) in [5.41, 5.74) is 1.89. The topological polar surface area (TPSA) is 101 Å². The van der Waals surface area contributed by atoms with E-state index >= 15 is 0 Å². The molecule has 0 saturated carbocycles. The molecule has 0 bridgehead atoms. The van der Waals surface area contributed by atoms with Crippen molar-refractivity contribution in [3.63, 3.8) is 0 Å². The number of carbonyl (C=O) groups is 3. The first kappa shape index (κ1) is 33.8. The summed E-state index contributed by atoms with van der Waals surface area (Å²) in [4.78, 5) is 39.0. The molecular weight excluding hydrogens is 578 g/mol. The van der Waals surface area contributed by atoms with Crippen molar-refractivity contribution < 1.29 is 38.1 Å². The summed E-state index contributed by atoms with van der Waals surface area (Å²) < 4.78 is 28.3. The van der Waals surface area contributed by atoms with Crippen LogP contribution in [0.25, 0.3) is 0 Å². The molecular formula is C31H41NO8S2. The molecule has 1 unspecified atom stereocenters. The Balaban J connectivity index is 1.60. The first-order chi connectivity index (χ1) is 20.1. The molecule has 1 saturated heterocycles. The molecule has 0 radical (unpaired) electrons. The standard InChI is InChI=1S/C31H41NO8S2/c1-22-16-31(29(34)36-5,40-28(24(22)3)23(2)18-37-25(4)33)39-21-42-41-20-32(17-26-12-8-6-9-13-26)30(35)38-19-27-14-10-7-11-15-27/h6-15,22-24,28H,16-21H2,1-5H3/t22-,23-,24-,28?,31-/m1/s1. The fraction of sp³-hybridized carbons (Fsp3) is 0.516. The van der Waals surface area contributed by atoms with Gasteiger partial charge in [0, 0.05) is 25.8 Å².